The maximum atomic E-state index is 12.1. The van der Waals surface area contributed by atoms with Crippen molar-refractivity contribution in [2.75, 3.05) is 39.4 Å². The van der Waals surface area contributed by atoms with Crippen LogP contribution in [0.5, 0.6) is 0 Å². The van der Waals surface area contributed by atoms with Crippen LogP contribution in [-0.4, -0.2) is 90.4 Å². The Hall–Kier alpha value is -2.57. The largest absolute Gasteiger partial charge is 0.411 e. The fourth-order valence-corrected chi connectivity index (χ4v) is 3.14. The number of aldehydes is 1. The van der Waals surface area contributed by atoms with Crippen molar-refractivity contribution in [1.29, 1.82) is 0 Å². The van der Waals surface area contributed by atoms with E-state index in [2.05, 4.69) is 31.6 Å². The second-order valence-electron chi connectivity index (χ2n) is 9.85. The van der Waals surface area contributed by atoms with E-state index in [1.165, 1.54) is 0 Å². The topological polar surface area (TPSA) is 174 Å². The molecule has 0 fully saturated rings. The Morgan fingerprint density at radius 3 is 1.64 bits per heavy atom. The molecule has 12 nitrogen and oxygen atoms in total. The van der Waals surface area contributed by atoms with Crippen molar-refractivity contribution >= 4 is 29.5 Å². The Labute approximate surface area is 214 Å². The van der Waals surface area contributed by atoms with E-state index in [0.29, 0.717) is 37.3 Å². The maximum absolute atomic E-state index is 12.1. The first-order valence-electron chi connectivity index (χ1n) is 12.3. The molecule has 0 aromatic rings. The Balaban J connectivity index is 4.64. The molecule has 0 unspecified atom stereocenters. The van der Waals surface area contributed by atoms with E-state index in [-0.39, 0.29) is 43.9 Å². The molecule has 0 saturated carbocycles. The van der Waals surface area contributed by atoms with Crippen LogP contribution >= 0.6 is 0 Å². The van der Waals surface area contributed by atoms with E-state index in [0.717, 1.165) is 19.3 Å². The lowest BCUT2D eigenvalue weighted by molar-refractivity contribution is -0.130. The minimum absolute atomic E-state index is 0.225. The number of oxime groups is 2. The number of rotatable bonds is 20. The Morgan fingerprint density at radius 1 is 0.806 bits per heavy atom. The summed E-state index contributed by atoms with van der Waals surface area (Å²) >= 11 is 0. The van der Waals surface area contributed by atoms with E-state index in [9.17, 15) is 14.4 Å². The number of nitrogens with zero attached hydrogens (tertiary/aromatic N) is 2. The summed E-state index contributed by atoms with van der Waals surface area (Å²) in [6, 6.07) is 0. The predicted molar refractivity (Wildman–Crippen MR) is 139 cm³/mol. The smallest absolute Gasteiger partial charge is 0.246 e. The molecule has 208 valence electrons. The van der Waals surface area contributed by atoms with Crippen molar-refractivity contribution in [1.82, 2.24) is 21.3 Å². The molecule has 0 aliphatic heterocycles. The van der Waals surface area contributed by atoms with Crippen LogP contribution in [0.1, 0.15) is 67.2 Å². The molecule has 36 heavy (non-hydrogen) atoms. The van der Waals surface area contributed by atoms with Crippen LogP contribution in [0, 0.1) is 5.92 Å². The molecule has 0 aromatic carbocycles. The van der Waals surface area contributed by atoms with Gasteiger partial charge in [-0.2, -0.15) is 0 Å². The molecule has 0 atom stereocenters. The lowest BCUT2D eigenvalue weighted by Crippen LogP contribution is -2.47. The first kappa shape index (κ1) is 33.4. The summed E-state index contributed by atoms with van der Waals surface area (Å²) in [5, 5.41) is 36.9. The zero-order valence-corrected chi connectivity index (χ0v) is 22.6. The molecule has 0 radical (unpaired) electrons. The standard InChI is InChI=1S/C24H46N6O6/c1-18(29-34)23(3,4)27-13-9-20(10-14-28-24(5,6)19(2)30-35)8-12-26-22(33)17-36-16-21(32)25-11-7-15-31/h15,20,27-28,34-35H,7-14,16-17H2,1-6H3,(H,25,32)(H,26,33)/b29-18-,30-19-. The first-order chi connectivity index (χ1) is 16.9. The second-order valence-corrected chi connectivity index (χ2v) is 9.85. The minimum atomic E-state index is -0.445. The van der Waals surface area contributed by atoms with Gasteiger partial charge in [-0.1, -0.05) is 10.3 Å². The van der Waals surface area contributed by atoms with E-state index in [1.807, 2.05) is 27.7 Å². The molecule has 2 amide bonds. The molecule has 0 aromatic heterocycles. The van der Waals surface area contributed by atoms with Gasteiger partial charge in [-0.3, -0.25) is 9.59 Å². The van der Waals surface area contributed by atoms with Gasteiger partial charge >= 0.3 is 0 Å². The third kappa shape index (κ3) is 14.7. The van der Waals surface area contributed by atoms with Crippen LogP contribution in [0.15, 0.2) is 10.3 Å². The summed E-state index contributed by atoms with van der Waals surface area (Å²) in [6.07, 6.45) is 3.36. The van der Waals surface area contributed by atoms with Crippen LogP contribution in [0.4, 0.5) is 0 Å². The van der Waals surface area contributed by atoms with Crippen LogP contribution in [-0.2, 0) is 19.1 Å². The van der Waals surface area contributed by atoms with Crippen molar-refractivity contribution in [3.63, 3.8) is 0 Å². The molecule has 12 heteroatoms. The highest BCUT2D eigenvalue weighted by Gasteiger charge is 2.23. The zero-order chi connectivity index (χ0) is 27.6. The predicted octanol–water partition coefficient (Wildman–Crippen LogP) is 1.05. The monoisotopic (exact) mass is 514 g/mol. The highest BCUT2D eigenvalue weighted by atomic mass is 16.5. The summed E-state index contributed by atoms with van der Waals surface area (Å²) in [5.41, 5.74) is 0.287. The second kappa shape index (κ2) is 17.8. The van der Waals surface area contributed by atoms with Gasteiger partial charge in [0.15, 0.2) is 0 Å². The molecule has 0 rings (SSSR count). The van der Waals surface area contributed by atoms with Crippen molar-refractivity contribution < 1.29 is 29.5 Å². The molecule has 0 spiro atoms. The van der Waals surface area contributed by atoms with Gasteiger partial charge in [0.05, 0.1) is 22.5 Å². The number of carbonyl (C=O) groups excluding carboxylic acids is 3. The fourth-order valence-electron chi connectivity index (χ4n) is 3.14. The number of nitrogens with one attached hydrogen (secondary N) is 4. The van der Waals surface area contributed by atoms with Gasteiger partial charge in [0.2, 0.25) is 11.8 Å². The zero-order valence-electron chi connectivity index (χ0n) is 22.6. The molecular weight excluding hydrogens is 468 g/mol. The van der Waals surface area contributed by atoms with Gasteiger partial charge in [-0.15, -0.1) is 0 Å². The molecule has 0 aliphatic carbocycles. The van der Waals surface area contributed by atoms with E-state index in [1.54, 1.807) is 13.8 Å². The molecule has 0 saturated heterocycles. The molecule has 0 heterocycles. The molecule has 0 aliphatic rings. The first-order valence-corrected chi connectivity index (χ1v) is 12.3. The summed E-state index contributed by atoms with van der Waals surface area (Å²) in [7, 11) is 0. The van der Waals surface area contributed by atoms with E-state index < -0.39 is 11.1 Å². The third-order valence-corrected chi connectivity index (χ3v) is 6.27. The lowest BCUT2D eigenvalue weighted by atomic mass is 9.94. The number of carbonyl (C=O) groups is 3. The van der Waals surface area contributed by atoms with Gasteiger partial charge in [0.1, 0.15) is 19.5 Å². The van der Waals surface area contributed by atoms with Crippen molar-refractivity contribution in [2.45, 2.75) is 78.3 Å². The van der Waals surface area contributed by atoms with Crippen molar-refractivity contribution in [3.8, 4) is 0 Å². The normalized spacial score (nSPS) is 13.8. The molecular formula is C24H46N6O6. The third-order valence-electron chi connectivity index (χ3n) is 6.27. The molecule has 0 bridgehead atoms. The lowest BCUT2D eigenvalue weighted by Gasteiger charge is -2.28. The van der Waals surface area contributed by atoms with E-state index in [4.69, 9.17) is 15.2 Å². The van der Waals surface area contributed by atoms with Gasteiger partial charge in [0, 0.05) is 19.5 Å². The Bertz CT molecular complexity index is 703. The van der Waals surface area contributed by atoms with Crippen LogP contribution in [0.3, 0.4) is 0 Å². The SMILES string of the molecule is C/C(=N/O)C(C)(C)NCCC(CCNC(=O)COCC(=O)NCCC=O)CCNC(C)(C)/C(C)=N\O. The summed E-state index contributed by atoms with van der Waals surface area (Å²) in [4.78, 5) is 33.8. The Morgan fingerprint density at radius 2 is 1.22 bits per heavy atom. The van der Waals surface area contributed by atoms with Crippen molar-refractivity contribution in [2.24, 2.45) is 16.2 Å². The number of hydrogen-bond donors (Lipinski definition) is 6. The van der Waals surface area contributed by atoms with Gasteiger partial charge in [-0.25, -0.2) is 0 Å². The van der Waals surface area contributed by atoms with Crippen LogP contribution < -0.4 is 21.3 Å². The number of ether oxygens (including phenoxy) is 1. The average Bonchev–Trinajstić information content (AvgIpc) is 2.82. The van der Waals surface area contributed by atoms with Crippen molar-refractivity contribution in [3.05, 3.63) is 0 Å². The quantitative estimate of drug-likeness (QED) is 0.0459. The van der Waals surface area contributed by atoms with E-state index >= 15 is 0 Å². The van der Waals surface area contributed by atoms with Crippen LogP contribution in [0.25, 0.3) is 0 Å². The fraction of sp³-hybridized carbons (Fsp3) is 0.792. The maximum Gasteiger partial charge on any atom is 0.246 e. The average molecular weight is 515 g/mol. The highest BCUT2D eigenvalue weighted by Crippen LogP contribution is 2.15. The summed E-state index contributed by atoms with van der Waals surface area (Å²) in [6.45, 7) is 12.9. The summed E-state index contributed by atoms with van der Waals surface area (Å²) < 4.78 is 5.12. The van der Waals surface area contributed by atoms with Gasteiger partial charge in [0.25, 0.3) is 0 Å². The summed E-state index contributed by atoms with van der Waals surface area (Å²) in [5.74, 6) is -0.407. The number of amides is 2. The van der Waals surface area contributed by atoms with Gasteiger partial charge in [-0.05, 0) is 79.8 Å². The highest BCUT2D eigenvalue weighted by molar-refractivity contribution is 5.90. The van der Waals surface area contributed by atoms with Gasteiger partial charge < -0.3 is 41.2 Å². The molecule has 6 N–H and O–H groups in total. The minimum Gasteiger partial charge on any atom is -0.411 e. The number of hydrogen-bond acceptors (Lipinski definition) is 10. The van der Waals surface area contributed by atoms with Crippen LogP contribution in [0.2, 0.25) is 0 Å². The Kier molecular flexibility index (Phi) is 16.5.